The number of aliphatic hydroxyl groups excluding tert-OH is 1. The normalized spacial score (nSPS) is 17.0. The molecule has 1 fully saturated rings. The van der Waals surface area contributed by atoms with Gasteiger partial charge >= 0.3 is 6.03 Å². The van der Waals surface area contributed by atoms with Gasteiger partial charge in [0.15, 0.2) is 9.84 Å². The third-order valence-corrected chi connectivity index (χ3v) is 5.87. The smallest absolute Gasteiger partial charge is 0.319 e. The Morgan fingerprint density at radius 1 is 1.20 bits per heavy atom. The molecule has 0 spiro atoms. The zero-order valence-electron chi connectivity index (χ0n) is 14.7. The van der Waals surface area contributed by atoms with Crippen molar-refractivity contribution >= 4 is 21.6 Å². The van der Waals surface area contributed by atoms with Crippen molar-refractivity contribution in [2.75, 3.05) is 24.7 Å². The summed E-state index contributed by atoms with van der Waals surface area (Å²) in [5, 5.41) is 15.0. The minimum Gasteiger partial charge on any atom is -0.396 e. The molecule has 0 aromatic heterocycles. The summed E-state index contributed by atoms with van der Waals surface area (Å²) in [6.45, 7) is 0.500. The molecule has 2 amide bonds. The first-order valence-electron chi connectivity index (χ1n) is 8.84. The lowest BCUT2D eigenvalue weighted by Crippen LogP contribution is -2.35. The number of benzene rings is 1. The molecular weight excluding hydrogens is 340 g/mol. The molecular formula is C18H28N2O4S. The zero-order valence-corrected chi connectivity index (χ0v) is 15.5. The highest BCUT2D eigenvalue weighted by molar-refractivity contribution is 7.90. The summed E-state index contributed by atoms with van der Waals surface area (Å²) in [5.74, 6) is 0.723. The Morgan fingerprint density at radius 2 is 1.84 bits per heavy atom. The van der Waals surface area contributed by atoms with Gasteiger partial charge in [0.1, 0.15) is 0 Å². The van der Waals surface area contributed by atoms with Gasteiger partial charge in [-0.15, -0.1) is 0 Å². The predicted octanol–water partition coefficient (Wildman–Crippen LogP) is 2.79. The fourth-order valence-corrected chi connectivity index (χ4v) is 3.94. The maximum absolute atomic E-state index is 12.0. The molecule has 0 aliphatic heterocycles. The maximum Gasteiger partial charge on any atom is 0.319 e. The van der Waals surface area contributed by atoms with Crippen LogP contribution < -0.4 is 10.6 Å². The first kappa shape index (κ1) is 19.7. The van der Waals surface area contributed by atoms with Crippen molar-refractivity contribution < 1.29 is 18.3 Å². The number of sulfone groups is 1. The van der Waals surface area contributed by atoms with Crippen LogP contribution in [0.25, 0.3) is 0 Å². The molecule has 6 nitrogen and oxygen atoms in total. The van der Waals surface area contributed by atoms with E-state index in [1.165, 1.54) is 44.2 Å². The lowest BCUT2D eigenvalue weighted by atomic mass is 9.83. The number of hydrogen-bond acceptors (Lipinski definition) is 4. The minimum atomic E-state index is -3.24. The van der Waals surface area contributed by atoms with Gasteiger partial charge in [0, 0.05) is 25.1 Å². The van der Waals surface area contributed by atoms with Crippen molar-refractivity contribution in [1.29, 1.82) is 0 Å². The van der Waals surface area contributed by atoms with Gasteiger partial charge < -0.3 is 15.7 Å². The van der Waals surface area contributed by atoms with Gasteiger partial charge in [0.2, 0.25) is 0 Å². The number of carbonyl (C=O) groups is 1. The van der Waals surface area contributed by atoms with E-state index in [1.807, 2.05) is 0 Å². The van der Waals surface area contributed by atoms with Crippen molar-refractivity contribution in [3.8, 4) is 0 Å². The molecule has 25 heavy (non-hydrogen) atoms. The number of hydrogen-bond donors (Lipinski definition) is 3. The quantitative estimate of drug-likeness (QED) is 0.689. The third kappa shape index (κ3) is 6.66. The number of aliphatic hydroxyl groups is 1. The van der Waals surface area contributed by atoms with Crippen LogP contribution in [0.15, 0.2) is 29.2 Å². The molecule has 0 heterocycles. The van der Waals surface area contributed by atoms with Gasteiger partial charge in [-0.25, -0.2) is 13.2 Å². The van der Waals surface area contributed by atoms with Crippen molar-refractivity contribution in [2.24, 2.45) is 11.8 Å². The molecule has 0 unspecified atom stereocenters. The van der Waals surface area contributed by atoms with Crippen molar-refractivity contribution in [2.45, 2.75) is 43.4 Å². The Bertz CT molecular complexity index is 652. The topological polar surface area (TPSA) is 95.5 Å². The number of nitrogens with one attached hydrogen (secondary N) is 2. The molecule has 1 aliphatic carbocycles. The highest BCUT2D eigenvalue weighted by Gasteiger charge is 2.19. The van der Waals surface area contributed by atoms with Crippen LogP contribution in [0.5, 0.6) is 0 Å². The van der Waals surface area contributed by atoms with E-state index in [-0.39, 0.29) is 23.5 Å². The first-order chi connectivity index (χ1) is 11.9. The summed E-state index contributed by atoms with van der Waals surface area (Å²) in [5.41, 5.74) is 0.526. The van der Waals surface area contributed by atoms with E-state index in [1.54, 1.807) is 12.1 Å². The van der Waals surface area contributed by atoms with Crippen LogP contribution in [0, 0.1) is 11.8 Å². The van der Waals surface area contributed by atoms with Crippen LogP contribution >= 0.6 is 0 Å². The Balaban J connectivity index is 1.78. The second-order valence-electron chi connectivity index (χ2n) is 6.92. The molecule has 0 bridgehead atoms. The first-order valence-corrected chi connectivity index (χ1v) is 10.7. The molecule has 2 rings (SSSR count). The highest BCUT2D eigenvalue weighted by atomic mass is 32.2. The van der Waals surface area contributed by atoms with Gasteiger partial charge in [-0.05, 0) is 42.5 Å². The van der Waals surface area contributed by atoms with Crippen molar-refractivity contribution in [1.82, 2.24) is 5.32 Å². The molecule has 3 N–H and O–H groups in total. The summed E-state index contributed by atoms with van der Waals surface area (Å²) < 4.78 is 22.8. The highest BCUT2D eigenvalue weighted by Crippen LogP contribution is 2.28. The number of rotatable bonds is 7. The van der Waals surface area contributed by atoms with Crippen LogP contribution in [0.1, 0.15) is 38.5 Å². The van der Waals surface area contributed by atoms with Crippen molar-refractivity contribution in [3.05, 3.63) is 24.3 Å². The summed E-state index contributed by atoms with van der Waals surface area (Å²) in [7, 11) is -3.24. The Hall–Kier alpha value is -1.60. The third-order valence-electron chi connectivity index (χ3n) is 4.74. The van der Waals surface area contributed by atoms with Crippen LogP contribution in [-0.4, -0.2) is 39.0 Å². The number of anilines is 1. The fourth-order valence-electron chi connectivity index (χ4n) is 3.31. The van der Waals surface area contributed by atoms with E-state index in [4.69, 9.17) is 0 Å². The average Bonchev–Trinajstić information content (AvgIpc) is 2.59. The molecule has 1 saturated carbocycles. The Morgan fingerprint density at radius 3 is 2.40 bits per heavy atom. The molecule has 0 radical (unpaired) electrons. The Kier molecular flexibility index (Phi) is 7.25. The van der Waals surface area contributed by atoms with E-state index in [9.17, 15) is 18.3 Å². The molecule has 1 aromatic carbocycles. The zero-order chi connectivity index (χ0) is 18.3. The number of urea groups is 1. The van der Waals surface area contributed by atoms with Crippen LogP contribution in [0.3, 0.4) is 0 Å². The molecule has 1 aliphatic rings. The van der Waals surface area contributed by atoms with Crippen LogP contribution in [-0.2, 0) is 9.84 Å². The lowest BCUT2D eigenvalue weighted by molar-refractivity contribution is 0.182. The molecule has 0 saturated heterocycles. The predicted molar refractivity (Wildman–Crippen MR) is 98.3 cm³/mol. The van der Waals surface area contributed by atoms with Crippen LogP contribution in [0.4, 0.5) is 10.5 Å². The van der Waals surface area contributed by atoms with Gasteiger partial charge in [-0.2, -0.15) is 0 Å². The van der Waals surface area contributed by atoms with Gasteiger partial charge in [-0.3, -0.25) is 0 Å². The van der Waals surface area contributed by atoms with E-state index < -0.39 is 9.84 Å². The largest absolute Gasteiger partial charge is 0.396 e. The van der Waals surface area contributed by atoms with E-state index >= 15 is 0 Å². The van der Waals surface area contributed by atoms with Crippen LogP contribution in [0.2, 0.25) is 0 Å². The van der Waals surface area contributed by atoms with E-state index in [0.717, 1.165) is 12.7 Å². The Labute approximate surface area is 149 Å². The molecule has 1 aromatic rings. The van der Waals surface area contributed by atoms with E-state index in [0.29, 0.717) is 18.2 Å². The lowest BCUT2D eigenvalue weighted by Gasteiger charge is -2.25. The van der Waals surface area contributed by atoms with Gasteiger partial charge in [0.25, 0.3) is 0 Å². The van der Waals surface area contributed by atoms with Crippen molar-refractivity contribution in [3.63, 3.8) is 0 Å². The summed E-state index contributed by atoms with van der Waals surface area (Å²) in [4.78, 5) is 12.2. The SMILES string of the molecule is CS(=O)(=O)c1ccc(NC(=O)NC[C@H](CO)CC2CCCCC2)cc1. The summed E-state index contributed by atoms with van der Waals surface area (Å²) >= 11 is 0. The number of amides is 2. The average molecular weight is 368 g/mol. The molecule has 140 valence electrons. The second-order valence-corrected chi connectivity index (χ2v) is 8.94. The molecule has 1 atom stereocenters. The summed E-state index contributed by atoms with van der Waals surface area (Å²) in [6, 6.07) is 5.69. The van der Waals surface area contributed by atoms with Gasteiger partial charge in [0.05, 0.1) is 4.90 Å². The maximum atomic E-state index is 12.0. The van der Waals surface area contributed by atoms with Gasteiger partial charge in [-0.1, -0.05) is 32.1 Å². The minimum absolute atomic E-state index is 0.0693. The molecule has 7 heteroatoms. The summed E-state index contributed by atoms with van der Waals surface area (Å²) in [6.07, 6.45) is 8.35. The monoisotopic (exact) mass is 368 g/mol. The number of carbonyl (C=O) groups excluding carboxylic acids is 1. The fraction of sp³-hybridized carbons (Fsp3) is 0.611. The standard InChI is InChI=1S/C18H28N2O4S/c1-25(23,24)17-9-7-16(8-10-17)20-18(22)19-12-15(13-21)11-14-5-3-2-4-6-14/h7-10,14-15,21H,2-6,11-13H2,1H3,(H2,19,20,22)/t15-/m1/s1. The van der Waals surface area contributed by atoms with E-state index in [2.05, 4.69) is 10.6 Å². The second kappa shape index (κ2) is 9.20.